The van der Waals surface area contributed by atoms with Gasteiger partial charge in [0.1, 0.15) is 11.6 Å². The number of rotatable bonds is 4. The SMILES string of the molecule is Cc1nnc(C23CC(C#Cc4cc(CO)cc(C5(C(C)C)C(C#N)=C(N)Oc6n[nH]c(C)c65)c4)(C2)C3)o1. The lowest BCUT2D eigenvalue weighted by Crippen LogP contribution is -2.64. The highest BCUT2D eigenvalue weighted by molar-refractivity contribution is 5.63. The number of H-pyrrole nitrogens is 1. The summed E-state index contributed by atoms with van der Waals surface area (Å²) < 4.78 is 11.4. The first-order chi connectivity index (χ1) is 17.7. The number of aliphatic hydroxyl groups excluding tert-OH is 1. The third kappa shape index (κ3) is 3.11. The molecule has 2 aromatic heterocycles. The minimum atomic E-state index is -0.915. The molecule has 9 heteroatoms. The van der Waals surface area contributed by atoms with E-state index in [-0.39, 0.29) is 29.2 Å². The Morgan fingerprint density at radius 1 is 1.19 bits per heavy atom. The maximum atomic E-state index is 10.2. The molecule has 0 spiro atoms. The van der Waals surface area contributed by atoms with Crippen molar-refractivity contribution in [2.75, 3.05) is 0 Å². The van der Waals surface area contributed by atoms with Gasteiger partial charge in [-0.25, -0.2) is 0 Å². The molecule has 2 bridgehead atoms. The molecule has 37 heavy (non-hydrogen) atoms. The van der Waals surface area contributed by atoms with Gasteiger partial charge in [-0.15, -0.1) is 15.3 Å². The van der Waals surface area contributed by atoms with Gasteiger partial charge in [0.25, 0.3) is 0 Å². The number of aromatic nitrogens is 4. The van der Waals surface area contributed by atoms with Crippen molar-refractivity contribution in [2.45, 2.75) is 64.4 Å². The summed E-state index contributed by atoms with van der Waals surface area (Å²) in [4.78, 5) is 0. The molecule has 0 amide bonds. The van der Waals surface area contributed by atoms with E-state index in [1.807, 2.05) is 39.0 Å². The molecule has 4 N–H and O–H groups in total. The zero-order valence-electron chi connectivity index (χ0n) is 21.3. The van der Waals surface area contributed by atoms with E-state index in [1.165, 1.54) is 0 Å². The lowest BCUT2D eigenvalue weighted by atomic mass is 9.35. The summed E-state index contributed by atoms with van der Waals surface area (Å²) in [6.07, 6.45) is 2.72. The van der Waals surface area contributed by atoms with Crippen molar-refractivity contribution in [3.05, 3.63) is 69.4 Å². The van der Waals surface area contributed by atoms with Crippen molar-refractivity contribution in [3.8, 4) is 23.8 Å². The van der Waals surface area contributed by atoms with Gasteiger partial charge in [-0.3, -0.25) is 5.10 Å². The van der Waals surface area contributed by atoms with Crippen LogP contribution in [0.3, 0.4) is 0 Å². The molecule has 3 heterocycles. The van der Waals surface area contributed by atoms with Gasteiger partial charge < -0.3 is 20.0 Å². The number of aliphatic hydroxyl groups is 1. The normalized spacial score (nSPS) is 27.4. The number of nitrogens with one attached hydrogen (secondary N) is 1. The third-order valence-electron chi connectivity index (χ3n) is 8.25. The number of fused-ring (bicyclic) bond motifs is 1. The zero-order chi connectivity index (χ0) is 26.2. The molecule has 7 rings (SSSR count). The van der Waals surface area contributed by atoms with Crippen molar-refractivity contribution in [1.82, 2.24) is 20.4 Å². The second-order valence-corrected chi connectivity index (χ2v) is 11.0. The molecule has 1 atom stereocenters. The Morgan fingerprint density at radius 2 is 1.95 bits per heavy atom. The molecule has 0 radical (unpaired) electrons. The predicted octanol–water partition coefficient (Wildman–Crippen LogP) is 3.40. The van der Waals surface area contributed by atoms with Crippen LogP contribution in [-0.2, 0) is 17.4 Å². The van der Waals surface area contributed by atoms with Gasteiger partial charge in [-0.2, -0.15) is 5.26 Å². The monoisotopic (exact) mass is 496 g/mol. The summed E-state index contributed by atoms with van der Waals surface area (Å²) in [7, 11) is 0. The molecule has 1 aromatic carbocycles. The van der Waals surface area contributed by atoms with Gasteiger partial charge >= 0.3 is 0 Å². The molecule has 3 aliphatic carbocycles. The number of hydrogen-bond acceptors (Lipinski definition) is 8. The van der Waals surface area contributed by atoms with Crippen LogP contribution in [-0.4, -0.2) is 25.5 Å². The maximum absolute atomic E-state index is 10.2. The van der Waals surface area contributed by atoms with Gasteiger partial charge in [-0.1, -0.05) is 31.8 Å². The predicted molar refractivity (Wildman–Crippen MR) is 133 cm³/mol. The van der Waals surface area contributed by atoms with Crippen LogP contribution in [0.25, 0.3) is 0 Å². The number of aromatic amines is 1. The van der Waals surface area contributed by atoms with Gasteiger partial charge in [0.05, 0.1) is 23.0 Å². The van der Waals surface area contributed by atoms with Gasteiger partial charge in [0, 0.05) is 23.6 Å². The Balaban J connectivity index is 1.43. The summed E-state index contributed by atoms with van der Waals surface area (Å²) in [6, 6.07) is 8.13. The largest absolute Gasteiger partial charge is 0.425 e. The van der Waals surface area contributed by atoms with Crippen LogP contribution in [0.2, 0.25) is 0 Å². The van der Waals surface area contributed by atoms with Crippen LogP contribution in [0.15, 0.2) is 34.1 Å². The molecule has 188 valence electrons. The zero-order valence-corrected chi connectivity index (χ0v) is 21.3. The molecule has 3 saturated carbocycles. The molecular formula is C28H28N6O3. The number of ether oxygens (including phenoxy) is 1. The Kier molecular flexibility index (Phi) is 4.86. The minimum Gasteiger partial charge on any atom is -0.425 e. The fraction of sp³-hybridized carbons (Fsp3) is 0.429. The molecule has 9 nitrogen and oxygen atoms in total. The summed E-state index contributed by atoms with van der Waals surface area (Å²) >= 11 is 0. The number of aryl methyl sites for hydroxylation is 2. The Labute approximate surface area is 214 Å². The Bertz CT molecular complexity index is 1560. The molecule has 3 fully saturated rings. The number of hydrogen-bond donors (Lipinski definition) is 3. The van der Waals surface area contributed by atoms with E-state index in [0.717, 1.165) is 47.5 Å². The minimum absolute atomic E-state index is 0.0307. The van der Waals surface area contributed by atoms with E-state index >= 15 is 0 Å². The average molecular weight is 497 g/mol. The van der Waals surface area contributed by atoms with Gasteiger partial charge in [-0.05, 0) is 55.4 Å². The van der Waals surface area contributed by atoms with Crippen molar-refractivity contribution < 1.29 is 14.3 Å². The molecule has 1 unspecified atom stereocenters. The number of nitriles is 1. The van der Waals surface area contributed by atoms with Crippen LogP contribution in [0.5, 0.6) is 5.88 Å². The van der Waals surface area contributed by atoms with E-state index in [4.69, 9.17) is 14.9 Å². The van der Waals surface area contributed by atoms with Crippen molar-refractivity contribution >= 4 is 0 Å². The first kappa shape index (κ1) is 23.3. The first-order valence-electron chi connectivity index (χ1n) is 12.4. The lowest BCUT2D eigenvalue weighted by Gasteiger charge is -2.66. The van der Waals surface area contributed by atoms with E-state index < -0.39 is 5.41 Å². The number of allylic oxidation sites excluding steroid dienone is 1. The lowest BCUT2D eigenvalue weighted by molar-refractivity contribution is -0.108. The van der Waals surface area contributed by atoms with Crippen LogP contribution >= 0.6 is 0 Å². The highest BCUT2D eigenvalue weighted by atomic mass is 16.5. The highest BCUT2D eigenvalue weighted by Crippen LogP contribution is 2.73. The van der Waals surface area contributed by atoms with Crippen LogP contribution in [0, 0.1) is 48.4 Å². The second kappa shape index (κ2) is 7.71. The smallest absolute Gasteiger partial charge is 0.244 e. The summed E-state index contributed by atoms with van der Waals surface area (Å²) in [5.74, 6) is 8.49. The highest BCUT2D eigenvalue weighted by Gasteiger charge is 2.70. The second-order valence-electron chi connectivity index (χ2n) is 11.0. The molecule has 3 aromatic rings. The standard InChI is InChI=1S/C28H28N6O3/c1-15(2)28(21(10-29)23(30)37-24-22(28)16(3)31-33-24)20-8-18(7-19(9-20)11-35)5-6-26-12-27(13-26,14-26)25-34-32-17(4)36-25/h7-9,15,35H,11-14,30H2,1-4H3,(H,31,33). The first-order valence-corrected chi connectivity index (χ1v) is 12.4. The number of nitrogens with two attached hydrogens (primary N) is 1. The van der Waals surface area contributed by atoms with Crippen LogP contribution < -0.4 is 10.5 Å². The fourth-order valence-corrected chi connectivity index (χ4v) is 6.71. The van der Waals surface area contributed by atoms with Crippen LogP contribution in [0.1, 0.15) is 72.8 Å². The van der Waals surface area contributed by atoms with Crippen LogP contribution in [0.4, 0.5) is 0 Å². The molecule has 4 aliphatic rings. The van der Waals surface area contributed by atoms with Crippen molar-refractivity contribution in [3.63, 3.8) is 0 Å². The van der Waals surface area contributed by atoms with Gasteiger partial charge in [0.2, 0.25) is 23.5 Å². The Morgan fingerprint density at radius 3 is 2.57 bits per heavy atom. The van der Waals surface area contributed by atoms with Gasteiger partial charge in [0.15, 0.2) is 0 Å². The van der Waals surface area contributed by atoms with E-state index in [1.54, 1.807) is 6.92 Å². The number of nitrogens with zero attached hydrogens (tertiary/aromatic N) is 4. The summed E-state index contributed by atoms with van der Waals surface area (Å²) in [5, 5.41) is 35.9. The molecular weight excluding hydrogens is 468 g/mol. The quantitative estimate of drug-likeness (QED) is 0.466. The van der Waals surface area contributed by atoms with Crippen molar-refractivity contribution in [1.29, 1.82) is 5.26 Å². The fourth-order valence-electron chi connectivity index (χ4n) is 6.71. The third-order valence-corrected chi connectivity index (χ3v) is 8.25. The maximum Gasteiger partial charge on any atom is 0.244 e. The van der Waals surface area contributed by atoms with E-state index in [2.05, 4.69) is 38.3 Å². The average Bonchev–Trinajstić information content (AvgIpc) is 3.41. The van der Waals surface area contributed by atoms with E-state index in [0.29, 0.717) is 22.9 Å². The Hall–Kier alpha value is -4.08. The molecule has 0 saturated heterocycles. The number of benzene rings is 1. The summed E-state index contributed by atoms with van der Waals surface area (Å²) in [5.41, 5.74) is 9.47. The summed E-state index contributed by atoms with van der Waals surface area (Å²) in [6.45, 7) is 7.65. The topological polar surface area (TPSA) is 147 Å². The molecule has 1 aliphatic heterocycles. The van der Waals surface area contributed by atoms with E-state index in [9.17, 15) is 10.4 Å². The van der Waals surface area contributed by atoms with Crippen molar-refractivity contribution in [2.24, 2.45) is 17.1 Å².